The van der Waals surface area contributed by atoms with E-state index in [1.807, 2.05) is 54.5 Å². The first kappa shape index (κ1) is 33.4. The molecule has 0 saturated heterocycles. The minimum atomic E-state index is -0.336. The zero-order valence-corrected chi connectivity index (χ0v) is 30.5. The summed E-state index contributed by atoms with van der Waals surface area (Å²) in [7, 11) is 5.85. The molecule has 2 aromatic carbocycles. The van der Waals surface area contributed by atoms with Gasteiger partial charge in [-0.05, 0) is 69.0 Å². The third-order valence-electron chi connectivity index (χ3n) is 11.8. The van der Waals surface area contributed by atoms with Crippen LogP contribution in [0.2, 0.25) is 10.0 Å². The molecule has 262 valence electrons. The Morgan fingerprint density at radius 1 is 0.760 bits per heavy atom. The smallest absolute Gasteiger partial charge is 0.291 e. The monoisotopic (exact) mass is 714 g/mol. The lowest BCUT2D eigenvalue weighted by Crippen LogP contribution is -2.45. The lowest BCUT2D eigenvalue weighted by Gasteiger charge is -2.49. The van der Waals surface area contributed by atoms with Gasteiger partial charge in [0.25, 0.3) is 11.8 Å². The highest BCUT2D eigenvalue weighted by Gasteiger charge is 2.42. The Balaban J connectivity index is 0.982. The number of rotatable bonds is 7. The number of carbonyl (C=O) groups excluding carboxylic acids is 2. The fourth-order valence-corrected chi connectivity index (χ4v) is 9.41. The van der Waals surface area contributed by atoms with E-state index in [1.165, 1.54) is 38.5 Å². The van der Waals surface area contributed by atoms with Gasteiger partial charge in [-0.3, -0.25) is 14.5 Å². The number of halogens is 2. The molecule has 2 bridgehead atoms. The number of nitrogens with one attached hydrogen (secondary N) is 2. The molecule has 2 aromatic heterocycles. The van der Waals surface area contributed by atoms with Gasteiger partial charge in [0.2, 0.25) is 0 Å². The molecule has 2 amide bonds. The fourth-order valence-electron chi connectivity index (χ4n) is 8.86. The van der Waals surface area contributed by atoms with E-state index in [0.29, 0.717) is 56.2 Å². The van der Waals surface area contributed by atoms with E-state index in [9.17, 15) is 9.59 Å². The van der Waals surface area contributed by atoms with E-state index in [2.05, 4.69) is 25.4 Å². The van der Waals surface area contributed by atoms with Crippen LogP contribution < -0.4 is 10.6 Å². The maximum absolute atomic E-state index is 13.7. The largest absolute Gasteiger partial charge is 0.327 e. The summed E-state index contributed by atoms with van der Waals surface area (Å²) in [5.74, 6) is 1.02. The molecule has 2 N–H and O–H groups in total. The predicted molar refractivity (Wildman–Crippen MR) is 197 cm³/mol. The standard InChI is InChI=1S/C38H44Cl2N8O2/c1-45-18-13-30-28(20-45)41-34(46(30)2)36(49)43-26-8-4-6-24(32(26)39)25-7-5-9-27(33(25)40)44-37(50)35-42-29-21-48(19-14-31(29)47(35)3)22-38-15-10-23(11-16-38)12-17-38/h4-9,23H,10-22H2,1-3H3,(H,43,49)(H,44,50). The highest BCUT2D eigenvalue weighted by Crippen LogP contribution is 2.51. The number of hydrogen-bond acceptors (Lipinski definition) is 6. The van der Waals surface area contributed by atoms with Crippen molar-refractivity contribution < 1.29 is 9.59 Å². The van der Waals surface area contributed by atoms with Crippen LogP contribution in [0.25, 0.3) is 11.1 Å². The summed E-state index contributed by atoms with van der Waals surface area (Å²) in [6, 6.07) is 10.9. The Labute approximate surface area is 303 Å². The SMILES string of the molecule is CN1CCc2c(nc(C(=O)Nc3cccc(-c4cccc(NC(=O)c5nc6c(n5C)CCN(CC57CCC(CC5)CC7)C6)c4Cl)c3Cl)n2C)C1. The zero-order chi connectivity index (χ0) is 34.7. The number of aromatic nitrogens is 4. The van der Waals surface area contributed by atoms with Gasteiger partial charge in [-0.25, -0.2) is 9.97 Å². The second-order valence-electron chi connectivity index (χ2n) is 14.9. The molecule has 0 atom stereocenters. The van der Waals surface area contributed by atoms with Gasteiger partial charge in [0, 0.05) is 82.2 Å². The van der Waals surface area contributed by atoms with Crippen LogP contribution >= 0.6 is 23.2 Å². The summed E-state index contributed by atoms with van der Waals surface area (Å²) in [5, 5.41) is 6.65. The van der Waals surface area contributed by atoms with Crippen molar-refractivity contribution in [3.63, 3.8) is 0 Å². The maximum atomic E-state index is 13.7. The summed E-state index contributed by atoms with van der Waals surface area (Å²) in [6.07, 6.45) is 9.94. The number of benzene rings is 2. The second kappa shape index (κ2) is 13.1. The van der Waals surface area contributed by atoms with Crippen LogP contribution in [0, 0.1) is 11.3 Å². The van der Waals surface area contributed by atoms with Crippen LogP contribution in [0.5, 0.6) is 0 Å². The lowest BCUT2D eigenvalue weighted by atomic mass is 9.60. The van der Waals surface area contributed by atoms with Crippen LogP contribution in [0.3, 0.4) is 0 Å². The van der Waals surface area contributed by atoms with Gasteiger partial charge in [-0.15, -0.1) is 0 Å². The molecule has 9 rings (SSSR count). The van der Waals surface area contributed by atoms with Crippen LogP contribution in [-0.4, -0.2) is 67.4 Å². The summed E-state index contributed by atoms with van der Waals surface area (Å²) in [6.45, 7) is 4.54. The number of fused-ring (bicyclic) bond motifs is 5. The molecule has 0 spiro atoms. The fraction of sp³-hybridized carbons (Fsp3) is 0.474. The lowest BCUT2D eigenvalue weighted by molar-refractivity contribution is 0.0218. The average Bonchev–Trinajstić information content (AvgIpc) is 3.62. The second-order valence-corrected chi connectivity index (χ2v) is 15.7. The van der Waals surface area contributed by atoms with Gasteiger partial charge in [0.15, 0.2) is 11.6 Å². The minimum absolute atomic E-state index is 0.312. The zero-order valence-electron chi connectivity index (χ0n) is 29.0. The summed E-state index contributed by atoms with van der Waals surface area (Å²) in [5.41, 5.74) is 6.74. The van der Waals surface area contributed by atoms with Gasteiger partial charge in [0.1, 0.15) is 0 Å². The molecule has 4 heterocycles. The van der Waals surface area contributed by atoms with E-state index in [1.54, 1.807) is 12.1 Å². The Bertz CT molecular complexity index is 1980. The Morgan fingerprint density at radius 2 is 1.26 bits per heavy atom. The molecule has 12 heteroatoms. The van der Waals surface area contributed by atoms with Crippen molar-refractivity contribution >= 4 is 46.4 Å². The average molecular weight is 716 g/mol. The predicted octanol–water partition coefficient (Wildman–Crippen LogP) is 6.95. The first-order valence-corrected chi connectivity index (χ1v) is 18.5. The van der Waals surface area contributed by atoms with E-state index in [-0.39, 0.29) is 11.8 Å². The molecule has 3 fully saturated rings. The summed E-state index contributed by atoms with van der Waals surface area (Å²) < 4.78 is 3.80. The molecule has 10 nitrogen and oxygen atoms in total. The highest BCUT2D eigenvalue weighted by molar-refractivity contribution is 6.40. The molecule has 5 aliphatic rings. The molecule has 4 aromatic rings. The van der Waals surface area contributed by atoms with Crippen LogP contribution in [0.15, 0.2) is 36.4 Å². The van der Waals surface area contributed by atoms with Crippen LogP contribution in [-0.2, 0) is 40.0 Å². The number of hydrogen-bond donors (Lipinski definition) is 2. The van der Waals surface area contributed by atoms with E-state index in [0.717, 1.165) is 67.7 Å². The van der Waals surface area contributed by atoms with Crippen LogP contribution in [0.4, 0.5) is 11.4 Å². The van der Waals surface area contributed by atoms with E-state index in [4.69, 9.17) is 28.2 Å². The molecular weight excluding hydrogens is 671 g/mol. The minimum Gasteiger partial charge on any atom is -0.327 e. The van der Waals surface area contributed by atoms with E-state index >= 15 is 0 Å². The molecule has 0 unspecified atom stereocenters. The van der Waals surface area contributed by atoms with Crippen molar-refractivity contribution in [3.05, 3.63) is 80.9 Å². The van der Waals surface area contributed by atoms with Gasteiger partial charge in [0.05, 0.1) is 32.8 Å². The Kier molecular flexibility index (Phi) is 8.78. The third-order valence-corrected chi connectivity index (χ3v) is 12.6. The molecule has 0 radical (unpaired) electrons. The first-order chi connectivity index (χ1) is 24.1. The Morgan fingerprint density at radius 3 is 1.80 bits per heavy atom. The molecule has 50 heavy (non-hydrogen) atoms. The Hall–Kier alpha value is -3.70. The first-order valence-electron chi connectivity index (χ1n) is 17.8. The molecule has 2 aliphatic heterocycles. The van der Waals surface area contributed by atoms with Gasteiger partial charge < -0.3 is 24.7 Å². The van der Waals surface area contributed by atoms with Crippen LogP contribution in [0.1, 0.15) is 82.5 Å². The van der Waals surface area contributed by atoms with Gasteiger partial charge in [-0.2, -0.15) is 0 Å². The molecular formula is C38H44Cl2N8O2. The highest BCUT2D eigenvalue weighted by atomic mass is 35.5. The van der Waals surface area contributed by atoms with Crippen molar-refractivity contribution in [2.24, 2.45) is 25.4 Å². The number of amides is 2. The quantitative estimate of drug-likeness (QED) is 0.215. The maximum Gasteiger partial charge on any atom is 0.291 e. The topological polar surface area (TPSA) is 100 Å². The summed E-state index contributed by atoms with van der Waals surface area (Å²) >= 11 is 13.9. The van der Waals surface area contributed by atoms with E-state index < -0.39 is 0 Å². The number of likely N-dealkylation sites (N-methyl/N-ethyl adjacent to an activating group) is 1. The number of nitrogens with zero attached hydrogens (tertiary/aromatic N) is 6. The van der Waals surface area contributed by atoms with Gasteiger partial charge >= 0.3 is 0 Å². The third kappa shape index (κ3) is 6.04. The van der Waals surface area contributed by atoms with Crippen molar-refractivity contribution in [1.29, 1.82) is 0 Å². The van der Waals surface area contributed by atoms with Crippen molar-refractivity contribution in [3.8, 4) is 11.1 Å². The molecule has 3 saturated carbocycles. The van der Waals surface area contributed by atoms with Crippen molar-refractivity contribution in [1.82, 2.24) is 28.9 Å². The number of anilines is 2. The normalized spacial score (nSPS) is 21.9. The summed E-state index contributed by atoms with van der Waals surface area (Å²) in [4.78, 5) is 41.4. The number of carbonyl (C=O) groups is 2. The number of imidazole rings is 2. The van der Waals surface area contributed by atoms with Crippen molar-refractivity contribution in [2.75, 3.05) is 37.3 Å². The van der Waals surface area contributed by atoms with Crippen molar-refractivity contribution in [2.45, 2.75) is 64.5 Å². The molecule has 3 aliphatic carbocycles. The van der Waals surface area contributed by atoms with Gasteiger partial charge in [-0.1, -0.05) is 47.5 Å².